The monoisotopic (exact) mass is 404 g/mol. The van der Waals surface area contributed by atoms with E-state index in [4.69, 9.17) is 4.74 Å². The Hall–Kier alpha value is -3.22. The van der Waals surface area contributed by atoms with Crippen molar-refractivity contribution in [1.29, 1.82) is 0 Å². The summed E-state index contributed by atoms with van der Waals surface area (Å²) in [6.07, 6.45) is 0. The van der Waals surface area contributed by atoms with Crippen LogP contribution < -0.4 is 10.9 Å². The standard InChI is InChI=1S/C23H20N2O3S/c1-28-15-14-24-22(27)21-20(16-8-4-2-5-9-16)18-12-13-19(26)25(23(18)29-21)17-10-6-3-7-11-17/h2-13H,14-15H2,1H3,(H,24,27). The Labute approximate surface area is 172 Å². The molecular weight excluding hydrogens is 384 g/mol. The lowest BCUT2D eigenvalue weighted by Gasteiger charge is -2.08. The van der Waals surface area contributed by atoms with E-state index in [0.717, 1.165) is 27.0 Å². The minimum atomic E-state index is -0.172. The van der Waals surface area contributed by atoms with Crippen LogP contribution in [0.1, 0.15) is 9.67 Å². The average molecular weight is 404 g/mol. The third-order valence-corrected chi connectivity index (χ3v) is 5.81. The molecule has 0 fully saturated rings. The van der Waals surface area contributed by atoms with Crippen molar-refractivity contribution in [3.05, 3.63) is 88.0 Å². The van der Waals surface area contributed by atoms with Gasteiger partial charge in [-0.3, -0.25) is 14.2 Å². The predicted molar refractivity (Wildman–Crippen MR) is 117 cm³/mol. The number of hydrogen-bond acceptors (Lipinski definition) is 4. The summed E-state index contributed by atoms with van der Waals surface area (Å²) in [6.45, 7) is 0.856. The summed E-state index contributed by atoms with van der Waals surface area (Å²) < 4.78 is 6.70. The fourth-order valence-electron chi connectivity index (χ4n) is 3.30. The number of thiophene rings is 1. The Morgan fingerprint density at radius 3 is 2.38 bits per heavy atom. The molecular formula is C23H20N2O3S. The minimum Gasteiger partial charge on any atom is -0.383 e. The summed E-state index contributed by atoms with van der Waals surface area (Å²) >= 11 is 1.33. The molecule has 0 saturated heterocycles. The summed E-state index contributed by atoms with van der Waals surface area (Å²) in [5, 5.41) is 3.78. The van der Waals surface area contributed by atoms with Crippen LogP contribution in [-0.4, -0.2) is 30.7 Å². The Morgan fingerprint density at radius 1 is 1.00 bits per heavy atom. The van der Waals surface area contributed by atoms with Gasteiger partial charge in [-0.2, -0.15) is 0 Å². The molecule has 29 heavy (non-hydrogen) atoms. The third kappa shape index (κ3) is 3.72. The highest BCUT2D eigenvalue weighted by Crippen LogP contribution is 2.38. The predicted octanol–water partition coefficient (Wildman–Crippen LogP) is 4.10. The van der Waals surface area contributed by atoms with E-state index in [0.29, 0.717) is 18.0 Å². The van der Waals surface area contributed by atoms with E-state index in [1.54, 1.807) is 17.7 Å². The number of carbonyl (C=O) groups excluding carboxylic acids is 1. The lowest BCUT2D eigenvalue weighted by molar-refractivity contribution is 0.0942. The van der Waals surface area contributed by atoms with Crippen LogP contribution in [0.25, 0.3) is 27.0 Å². The van der Waals surface area contributed by atoms with Crippen LogP contribution in [0.3, 0.4) is 0 Å². The van der Waals surface area contributed by atoms with Gasteiger partial charge in [0.15, 0.2) is 0 Å². The van der Waals surface area contributed by atoms with E-state index in [-0.39, 0.29) is 11.5 Å². The van der Waals surface area contributed by atoms with Crippen molar-refractivity contribution in [3.8, 4) is 16.8 Å². The zero-order valence-electron chi connectivity index (χ0n) is 15.9. The molecule has 0 atom stereocenters. The van der Waals surface area contributed by atoms with Crippen LogP contribution in [-0.2, 0) is 4.74 Å². The van der Waals surface area contributed by atoms with Crippen LogP contribution in [0.4, 0.5) is 0 Å². The van der Waals surface area contributed by atoms with Crippen molar-refractivity contribution in [1.82, 2.24) is 9.88 Å². The maximum Gasteiger partial charge on any atom is 0.262 e. The number of rotatable bonds is 6. The summed E-state index contributed by atoms with van der Waals surface area (Å²) in [5.41, 5.74) is 2.42. The third-order valence-electron chi connectivity index (χ3n) is 4.62. The van der Waals surface area contributed by atoms with Gasteiger partial charge < -0.3 is 10.1 Å². The number of para-hydroxylation sites is 1. The normalized spacial score (nSPS) is 10.9. The van der Waals surface area contributed by atoms with Crippen LogP contribution in [0.15, 0.2) is 77.6 Å². The van der Waals surface area contributed by atoms with Gasteiger partial charge in [0, 0.05) is 30.7 Å². The van der Waals surface area contributed by atoms with Crippen LogP contribution in [0.2, 0.25) is 0 Å². The molecule has 2 aromatic heterocycles. The molecule has 2 aromatic carbocycles. The fraction of sp³-hybridized carbons (Fsp3) is 0.130. The largest absolute Gasteiger partial charge is 0.383 e. The number of nitrogens with zero attached hydrogens (tertiary/aromatic N) is 1. The van der Waals surface area contributed by atoms with Gasteiger partial charge in [-0.05, 0) is 23.8 Å². The number of ether oxygens (including phenoxy) is 1. The lowest BCUT2D eigenvalue weighted by atomic mass is 10.0. The second-order valence-corrected chi connectivity index (χ2v) is 7.48. The number of fused-ring (bicyclic) bond motifs is 1. The average Bonchev–Trinajstić information content (AvgIpc) is 3.14. The second kappa shape index (κ2) is 8.43. The molecule has 1 amide bonds. The Bertz CT molecular complexity index is 1200. The summed E-state index contributed by atoms with van der Waals surface area (Å²) in [6, 6.07) is 22.6. The molecule has 1 N–H and O–H groups in total. The van der Waals surface area contributed by atoms with Gasteiger partial charge in [-0.25, -0.2) is 0 Å². The molecule has 146 valence electrons. The SMILES string of the molecule is COCCNC(=O)c1sc2c(ccc(=O)n2-c2ccccc2)c1-c1ccccc1. The first-order valence-corrected chi connectivity index (χ1v) is 10.1. The fourth-order valence-corrected chi connectivity index (χ4v) is 4.56. The lowest BCUT2D eigenvalue weighted by Crippen LogP contribution is -2.26. The molecule has 0 saturated carbocycles. The molecule has 0 spiro atoms. The number of methoxy groups -OCH3 is 1. The molecule has 5 nitrogen and oxygen atoms in total. The van der Waals surface area contributed by atoms with Crippen LogP contribution >= 0.6 is 11.3 Å². The molecule has 0 bridgehead atoms. The van der Waals surface area contributed by atoms with Gasteiger partial charge in [0.25, 0.3) is 11.5 Å². The highest BCUT2D eigenvalue weighted by atomic mass is 32.1. The van der Waals surface area contributed by atoms with E-state index in [1.165, 1.54) is 11.3 Å². The van der Waals surface area contributed by atoms with E-state index >= 15 is 0 Å². The maximum absolute atomic E-state index is 13.0. The van der Waals surface area contributed by atoms with Gasteiger partial charge in [0.05, 0.1) is 12.3 Å². The Morgan fingerprint density at radius 2 is 1.69 bits per heavy atom. The van der Waals surface area contributed by atoms with Crippen molar-refractivity contribution < 1.29 is 9.53 Å². The summed E-state index contributed by atoms with van der Waals surface area (Å²) in [7, 11) is 1.60. The molecule has 4 rings (SSSR count). The van der Waals surface area contributed by atoms with Gasteiger partial charge in [-0.1, -0.05) is 48.5 Å². The molecule has 0 radical (unpaired) electrons. The van der Waals surface area contributed by atoms with Gasteiger partial charge in [0.1, 0.15) is 9.71 Å². The number of carbonyl (C=O) groups is 1. The van der Waals surface area contributed by atoms with E-state index in [1.807, 2.05) is 66.7 Å². The number of nitrogens with one attached hydrogen (secondary N) is 1. The molecule has 2 heterocycles. The zero-order chi connectivity index (χ0) is 20.2. The zero-order valence-corrected chi connectivity index (χ0v) is 16.7. The van der Waals surface area contributed by atoms with E-state index in [2.05, 4.69) is 5.32 Å². The molecule has 0 aliphatic carbocycles. The molecule has 6 heteroatoms. The first-order chi connectivity index (χ1) is 14.2. The Kier molecular flexibility index (Phi) is 5.55. The second-order valence-electron chi connectivity index (χ2n) is 6.48. The van der Waals surface area contributed by atoms with Crippen molar-refractivity contribution in [2.45, 2.75) is 0 Å². The van der Waals surface area contributed by atoms with Crippen molar-refractivity contribution >= 4 is 27.5 Å². The summed E-state index contributed by atoms with van der Waals surface area (Å²) in [5.74, 6) is -0.172. The van der Waals surface area contributed by atoms with Gasteiger partial charge in [-0.15, -0.1) is 11.3 Å². The van der Waals surface area contributed by atoms with Crippen molar-refractivity contribution in [2.24, 2.45) is 0 Å². The van der Waals surface area contributed by atoms with Crippen molar-refractivity contribution in [3.63, 3.8) is 0 Å². The quantitative estimate of drug-likeness (QED) is 0.492. The minimum absolute atomic E-state index is 0.129. The Balaban J connectivity index is 1.97. The number of benzene rings is 2. The highest BCUT2D eigenvalue weighted by Gasteiger charge is 2.22. The van der Waals surface area contributed by atoms with Gasteiger partial charge >= 0.3 is 0 Å². The van der Waals surface area contributed by atoms with E-state index in [9.17, 15) is 9.59 Å². The van der Waals surface area contributed by atoms with Crippen molar-refractivity contribution in [2.75, 3.05) is 20.3 Å². The van der Waals surface area contributed by atoms with Crippen LogP contribution in [0.5, 0.6) is 0 Å². The first kappa shape index (κ1) is 19.1. The first-order valence-electron chi connectivity index (χ1n) is 9.27. The molecule has 0 aliphatic heterocycles. The number of pyridine rings is 1. The highest BCUT2D eigenvalue weighted by molar-refractivity contribution is 7.21. The number of hydrogen-bond donors (Lipinski definition) is 1. The molecule has 4 aromatic rings. The van der Waals surface area contributed by atoms with Gasteiger partial charge in [0.2, 0.25) is 0 Å². The van der Waals surface area contributed by atoms with Crippen LogP contribution in [0, 0.1) is 0 Å². The van der Waals surface area contributed by atoms with E-state index < -0.39 is 0 Å². The molecule has 0 unspecified atom stereocenters. The molecule has 0 aliphatic rings. The topological polar surface area (TPSA) is 60.3 Å². The summed E-state index contributed by atoms with van der Waals surface area (Å²) in [4.78, 5) is 27.0. The number of amides is 1. The maximum atomic E-state index is 13.0. The smallest absolute Gasteiger partial charge is 0.262 e. The number of aromatic nitrogens is 1.